The van der Waals surface area contributed by atoms with Crippen LogP contribution in [0.2, 0.25) is 0 Å². The summed E-state index contributed by atoms with van der Waals surface area (Å²) in [7, 11) is 1.88. The number of aliphatic hydroxyl groups is 1. The number of nitrogens with one attached hydrogen (secondary N) is 1. The van der Waals surface area contributed by atoms with Crippen molar-refractivity contribution in [2.24, 2.45) is 0 Å². The van der Waals surface area contributed by atoms with Crippen molar-refractivity contribution in [3.05, 3.63) is 18.3 Å². The van der Waals surface area contributed by atoms with Crippen LogP contribution in [0.4, 0.5) is 11.5 Å². The van der Waals surface area contributed by atoms with E-state index in [-0.39, 0.29) is 6.61 Å². The second-order valence-corrected chi connectivity index (χ2v) is 4.50. The van der Waals surface area contributed by atoms with Gasteiger partial charge in [0.05, 0.1) is 0 Å². The van der Waals surface area contributed by atoms with Crippen LogP contribution < -0.4 is 10.2 Å². The minimum absolute atomic E-state index is 0.257. The van der Waals surface area contributed by atoms with Gasteiger partial charge in [-0.25, -0.2) is 4.98 Å². The summed E-state index contributed by atoms with van der Waals surface area (Å²) in [6.07, 6.45) is 6.52. The molecule has 94 valence electrons. The van der Waals surface area contributed by atoms with E-state index in [9.17, 15) is 0 Å². The van der Waals surface area contributed by atoms with E-state index in [0.717, 1.165) is 18.8 Å². The molecule has 1 heterocycles. The molecular formula is C13H21N3O. The summed E-state index contributed by atoms with van der Waals surface area (Å²) >= 11 is 0. The number of anilines is 2. The van der Waals surface area contributed by atoms with Crippen molar-refractivity contribution >= 4 is 11.5 Å². The van der Waals surface area contributed by atoms with Gasteiger partial charge in [-0.2, -0.15) is 0 Å². The van der Waals surface area contributed by atoms with Crippen LogP contribution in [-0.4, -0.2) is 36.3 Å². The van der Waals surface area contributed by atoms with Gasteiger partial charge in [0, 0.05) is 44.2 Å². The summed E-state index contributed by atoms with van der Waals surface area (Å²) in [4.78, 5) is 6.64. The lowest BCUT2D eigenvalue weighted by Gasteiger charge is -2.39. The first-order chi connectivity index (χ1) is 8.35. The topological polar surface area (TPSA) is 48.4 Å². The second kappa shape index (κ2) is 5.87. The van der Waals surface area contributed by atoms with E-state index >= 15 is 0 Å². The molecule has 0 spiro atoms. The first-order valence-electron chi connectivity index (χ1n) is 6.36. The van der Waals surface area contributed by atoms with Gasteiger partial charge in [-0.3, -0.25) is 0 Å². The molecule has 0 aromatic carbocycles. The molecule has 1 saturated carbocycles. The molecule has 2 N–H and O–H groups in total. The Hall–Kier alpha value is -1.29. The minimum atomic E-state index is 0.257. The Morgan fingerprint density at radius 2 is 2.35 bits per heavy atom. The molecule has 1 aromatic heterocycles. The first kappa shape index (κ1) is 12.2. The summed E-state index contributed by atoms with van der Waals surface area (Å²) in [6, 6.07) is 4.78. The lowest BCUT2D eigenvalue weighted by Crippen LogP contribution is -2.41. The molecule has 0 amide bonds. The number of hydrogen-bond acceptors (Lipinski definition) is 4. The Balaban J connectivity index is 2.11. The molecule has 17 heavy (non-hydrogen) atoms. The largest absolute Gasteiger partial charge is 0.396 e. The van der Waals surface area contributed by atoms with Crippen LogP contribution in [0.25, 0.3) is 0 Å². The second-order valence-electron chi connectivity index (χ2n) is 4.50. The van der Waals surface area contributed by atoms with Crippen LogP contribution >= 0.6 is 0 Å². The van der Waals surface area contributed by atoms with Crippen LogP contribution in [-0.2, 0) is 0 Å². The highest BCUT2D eigenvalue weighted by molar-refractivity contribution is 5.54. The molecular weight excluding hydrogens is 214 g/mol. The van der Waals surface area contributed by atoms with Gasteiger partial charge >= 0.3 is 0 Å². The monoisotopic (exact) mass is 235 g/mol. The fourth-order valence-electron chi connectivity index (χ4n) is 2.20. The Kier molecular flexibility index (Phi) is 4.20. The molecule has 1 aliphatic rings. The number of rotatable bonds is 6. The van der Waals surface area contributed by atoms with Gasteiger partial charge in [0.25, 0.3) is 0 Å². The molecule has 1 aromatic rings. The third-order valence-electron chi connectivity index (χ3n) is 3.40. The number of pyridine rings is 1. The molecule has 0 bridgehead atoms. The van der Waals surface area contributed by atoms with Crippen molar-refractivity contribution in [2.45, 2.75) is 31.7 Å². The number of nitrogens with zero attached hydrogens (tertiary/aromatic N) is 2. The highest BCUT2D eigenvalue weighted by atomic mass is 16.3. The molecule has 0 saturated heterocycles. The van der Waals surface area contributed by atoms with Gasteiger partial charge in [0.1, 0.15) is 5.82 Å². The van der Waals surface area contributed by atoms with Gasteiger partial charge in [-0.15, -0.1) is 0 Å². The van der Waals surface area contributed by atoms with Crippen molar-refractivity contribution in [3.63, 3.8) is 0 Å². The fraction of sp³-hybridized carbons (Fsp3) is 0.615. The minimum Gasteiger partial charge on any atom is -0.396 e. The van der Waals surface area contributed by atoms with Crippen LogP contribution in [0, 0.1) is 0 Å². The standard InChI is InChI=1S/C13H21N3O/c1-14-13-10-12(6-7-15-13)16(8-3-9-17)11-4-2-5-11/h6-7,10-11,17H,2-5,8-9H2,1H3,(H,14,15). The number of hydrogen-bond donors (Lipinski definition) is 2. The van der Waals surface area contributed by atoms with E-state index in [1.54, 1.807) is 0 Å². The molecule has 1 fully saturated rings. The zero-order chi connectivity index (χ0) is 12.1. The van der Waals surface area contributed by atoms with Gasteiger partial charge in [0.15, 0.2) is 0 Å². The van der Waals surface area contributed by atoms with Crippen molar-refractivity contribution in [2.75, 3.05) is 30.4 Å². The molecule has 0 radical (unpaired) electrons. The van der Waals surface area contributed by atoms with Crippen molar-refractivity contribution in [1.29, 1.82) is 0 Å². The Labute approximate surface area is 103 Å². The molecule has 4 nitrogen and oxygen atoms in total. The summed E-state index contributed by atoms with van der Waals surface area (Å²) in [5, 5.41) is 12.1. The quantitative estimate of drug-likeness (QED) is 0.790. The molecule has 2 rings (SSSR count). The smallest absolute Gasteiger partial charge is 0.127 e. The Bertz CT molecular complexity index is 352. The van der Waals surface area contributed by atoms with E-state index in [2.05, 4.69) is 27.3 Å². The van der Waals surface area contributed by atoms with E-state index < -0.39 is 0 Å². The third-order valence-corrected chi connectivity index (χ3v) is 3.40. The normalized spacial score (nSPS) is 15.4. The molecule has 4 heteroatoms. The molecule has 0 unspecified atom stereocenters. The average molecular weight is 235 g/mol. The van der Waals surface area contributed by atoms with Gasteiger partial charge in [-0.05, 0) is 31.7 Å². The first-order valence-corrected chi connectivity index (χ1v) is 6.36. The lowest BCUT2D eigenvalue weighted by molar-refractivity contribution is 0.283. The molecule has 0 atom stereocenters. The number of aromatic nitrogens is 1. The van der Waals surface area contributed by atoms with E-state index in [1.165, 1.54) is 24.9 Å². The summed E-state index contributed by atoms with van der Waals surface area (Å²) in [6.45, 7) is 1.18. The lowest BCUT2D eigenvalue weighted by atomic mass is 9.91. The Morgan fingerprint density at radius 3 is 2.94 bits per heavy atom. The van der Waals surface area contributed by atoms with Gasteiger partial charge < -0.3 is 15.3 Å². The number of aliphatic hydroxyl groups excluding tert-OH is 1. The van der Waals surface area contributed by atoms with E-state index in [0.29, 0.717) is 6.04 Å². The SMILES string of the molecule is CNc1cc(N(CCCO)C2CCC2)ccn1. The van der Waals surface area contributed by atoms with Crippen LogP contribution in [0.3, 0.4) is 0 Å². The van der Waals surface area contributed by atoms with Crippen LogP contribution in [0.1, 0.15) is 25.7 Å². The van der Waals surface area contributed by atoms with E-state index in [1.807, 2.05) is 13.2 Å². The van der Waals surface area contributed by atoms with Gasteiger partial charge in [-0.1, -0.05) is 0 Å². The summed E-state index contributed by atoms with van der Waals surface area (Å²) < 4.78 is 0. The molecule has 0 aliphatic heterocycles. The maximum atomic E-state index is 8.98. The fourth-order valence-corrected chi connectivity index (χ4v) is 2.20. The highest BCUT2D eigenvalue weighted by Gasteiger charge is 2.24. The molecule has 1 aliphatic carbocycles. The Morgan fingerprint density at radius 1 is 1.53 bits per heavy atom. The van der Waals surface area contributed by atoms with Crippen molar-refractivity contribution in [1.82, 2.24) is 4.98 Å². The maximum Gasteiger partial charge on any atom is 0.127 e. The summed E-state index contributed by atoms with van der Waals surface area (Å²) in [5.74, 6) is 0.899. The zero-order valence-electron chi connectivity index (χ0n) is 10.4. The zero-order valence-corrected chi connectivity index (χ0v) is 10.4. The maximum absolute atomic E-state index is 8.98. The predicted molar refractivity (Wildman–Crippen MR) is 70.5 cm³/mol. The van der Waals surface area contributed by atoms with Crippen molar-refractivity contribution < 1.29 is 5.11 Å². The third kappa shape index (κ3) is 2.88. The van der Waals surface area contributed by atoms with Crippen LogP contribution in [0.5, 0.6) is 0 Å². The highest BCUT2D eigenvalue weighted by Crippen LogP contribution is 2.30. The van der Waals surface area contributed by atoms with Crippen molar-refractivity contribution in [3.8, 4) is 0 Å². The van der Waals surface area contributed by atoms with E-state index in [4.69, 9.17) is 5.11 Å². The average Bonchev–Trinajstić information content (AvgIpc) is 2.32. The predicted octanol–water partition coefficient (Wildman–Crippen LogP) is 1.86. The van der Waals surface area contributed by atoms with Crippen LogP contribution in [0.15, 0.2) is 18.3 Å². The summed E-state index contributed by atoms with van der Waals surface area (Å²) in [5.41, 5.74) is 1.21. The van der Waals surface area contributed by atoms with Gasteiger partial charge in [0.2, 0.25) is 0 Å².